The summed E-state index contributed by atoms with van der Waals surface area (Å²) in [5.41, 5.74) is 0. The molecule has 0 aromatic rings. The Kier molecular flexibility index (Phi) is 17.7. The zero-order valence-electron chi connectivity index (χ0n) is 15.7. The quantitative estimate of drug-likeness (QED) is 0.268. The number of allylic oxidation sites excluding steroid dienone is 2. The van der Waals surface area contributed by atoms with Crippen LogP contribution in [0, 0.1) is 0 Å². The SMILES string of the molecule is CCCCCCCC/C=C/N(C)/C=C/CCCCCCCC. The van der Waals surface area contributed by atoms with Crippen LogP contribution in [0.3, 0.4) is 0 Å². The van der Waals surface area contributed by atoms with Crippen molar-refractivity contribution in [2.75, 3.05) is 7.05 Å². The second-order valence-electron chi connectivity index (χ2n) is 6.55. The van der Waals surface area contributed by atoms with E-state index in [2.05, 4.69) is 50.3 Å². The summed E-state index contributed by atoms with van der Waals surface area (Å²) >= 11 is 0. The molecule has 1 heteroatoms. The minimum atomic E-state index is 1.22. The predicted octanol–water partition coefficient (Wildman–Crippen LogP) is 7.45. The molecule has 0 aliphatic heterocycles. The van der Waals surface area contributed by atoms with Crippen LogP contribution in [-0.4, -0.2) is 11.9 Å². The Morgan fingerprint density at radius 2 is 0.909 bits per heavy atom. The van der Waals surface area contributed by atoms with E-state index in [1.165, 1.54) is 89.9 Å². The van der Waals surface area contributed by atoms with Gasteiger partial charge in [0.25, 0.3) is 0 Å². The van der Waals surface area contributed by atoms with Gasteiger partial charge in [0.15, 0.2) is 0 Å². The van der Waals surface area contributed by atoms with Crippen LogP contribution < -0.4 is 0 Å². The molecular weight excluding hydrogens is 266 g/mol. The number of unbranched alkanes of at least 4 members (excludes halogenated alkanes) is 12. The van der Waals surface area contributed by atoms with Gasteiger partial charge in [0, 0.05) is 7.05 Å². The molecule has 0 rings (SSSR count). The highest BCUT2D eigenvalue weighted by Gasteiger charge is 1.90. The van der Waals surface area contributed by atoms with Gasteiger partial charge in [-0.2, -0.15) is 0 Å². The van der Waals surface area contributed by atoms with E-state index in [0.29, 0.717) is 0 Å². The van der Waals surface area contributed by atoms with Crippen LogP contribution in [0.5, 0.6) is 0 Å². The highest BCUT2D eigenvalue weighted by Crippen LogP contribution is 2.08. The molecule has 130 valence electrons. The molecule has 0 saturated heterocycles. The summed E-state index contributed by atoms with van der Waals surface area (Å²) in [7, 11) is 2.13. The molecule has 1 nitrogen and oxygen atoms in total. The third kappa shape index (κ3) is 17.3. The van der Waals surface area contributed by atoms with Crippen molar-refractivity contribution in [3.05, 3.63) is 24.6 Å². The first-order valence-corrected chi connectivity index (χ1v) is 9.86. The maximum Gasteiger partial charge on any atom is 0.0106 e. The van der Waals surface area contributed by atoms with Crippen LogP contribution in [0.25, 0.3) is 0 Å². The fourth-order valence-corrected chi connectivity index (χ4v) is 2.62. The van der Waals surface area contributed by atoms with Crippen LogP contribution >= 0.6 is 0 Å². The summed E-state index contributed by atoms with van der Waals surface area (Å²) in [6, 6.07) is 0. The van der Waals surface area contributed by atoms with Gasteiger partial charge < -0.3 is 4.90 Å². The van der Waals surface area contributed by atoms with E-state index < -0.39 is 0 Å². The van der Waals surface area contributed by atoms with Crippen molar-refractivity contribution in [2.45, 2.75) is 104 Å². The molecule has 0 aliphatic rings. The van der Waals surface area contributed by atoms with Gasteiger partial charge in [-0.3, -0.25) is 0 Å². The lowest BCUT2D eigenvalue weighted by Crippen LogP contribution is -1.99. The van der Waals surface area contributed by atoms with Crippen molar-refractivity contribution in [3.63, 3.8) is 0 Å². The molecule has 0 amide bonds. The van der Waals surface area contributed by atoms with Gasteiger partial charge in [-0.1, -0.05) is 90.2 Å². The van der Waals surface area contributed by atoms with Gasteiger partial charge in [-0.15, -0.1) is 0 Å². The van der Waals surface area contributed by atoms with Gasteiger partial charge in [-0.05, 0) is 38.1 Å². The second-order valence-corrected chi connectivity index (χ2v) is 6.55. The van der Waals surface area contributed by atoms with Crippen molar-refractivity contribution < 1.29 is 0 Å². The van der Waals surface area contributed by atoms with E-state index in [4.69, 9.17) is 0 Å². The van der Waals surface area contributed by atoms with Gasteiger partial charge in [0.1, 0.15) is 0 Å². The van der Waals surface area contributed by atoms with E-state index in [0.717, 1.165) is 0 Å². The first-order valence-electron chi connectivity index (χ1n) is 9.86. The average Bonchev–Trinajstić information content (AvgIpc) is 2.52. The minimum Gasteiger partial charge on any atom is -0.358 e. The third-order valence-corrected chi connectivity index (χ3v) is 4.13. The largest absolute Gasteiger partial charge is 0.358 e. The van der Waals surface area contributed by atoms with Crippen LogP contribution in [0.15, 0.2) is 24.6 Å². The highest BCUT2D eigenvalue weighted by molar-refractivity contribution is 4.90. The van der Waals surface area contributed by atoms with Crippen molar-refractivity contribution >= 4 is 0 Å². The van der Waals surface area contributed by atoms with Gasteiger partial charge >= 0.3 is 0 Å². The molecule has 0 aromatic carbocycles. The molecular formula is C21H41N. The van der Waals surface area contributed by atoms with E-state index >= 15 is 0 Å². The Hall–Kier alpha value is -0.720. The molecule has 0 aliphatic carbocycles. The lowest BCUT2D eigenvalue weighted by atomic mass is 10.1. The summed E-state index contributed by atoms with van der Waals surface area (Å²) in [6.07, 6.45) is 28.1. The van der Waals surface area contributed by atoms with Crippen LogP contribution in [0.2, 0.25) is 0 Å². The standard InChI is InChI=1S/C21H41N/c1-4-6-8-10-12-14-16-18-20-22(3)21-19-17-15-13-11-9-7-5-2/h18-21H,4-17H2,1-3H3/b20-18+,21-19+. The second kappa shape index (κ2) is 18.3. The topological polar surface area (TPSA) is 3.24 Å². The first kappa shape index (κ1) is 21.3. The number of hydrogen-bond acceptors (Lipinski definition) is 1. The van der Waals surface area contributed by atoms with Crippen molar-refractivity contribution in [3.8, 4) is 0 Å². The lowest BCUT2D eigenvalue weighted by Gasteiger charge is -2.06. The lowest BCUT2D eigenvalue weighted by molar-refractivity contribution is 0.593. The smallest absolute Gasteiger partial charge is 0.0106 e. The summed E-state index contributed by atoms with van der Waals surface area (Å²) < 4.78 is 0. The normalized spacial score (nSPS) is 11.8. The maximum atomic E-state index is 2.31. The number of nitrogens with zero attached hydrogens (tertiary/aromatic N) is 1. The van der Waals surface area contributed by atoms with Crippen molar-refractivity contribution in [1.29, 1.82) is 0 Å². The summed E-state index contributed by atoms with van der Waals surface area (Å²) in [6.45, 7) is 4.55. The summed E-state index contributed by atoms with van der Waals surface area (Å²) in [5.74, 6) is 0. The predicted molar refractivity (Wildman–Crippen MR) is 102 cm³/mol. The van der Waals surface area contributed by atoms with E-state index in [9.17, 15) is 0 Å². The molecule has 0 saturated carbocycles. The highest BCUT2D eigenvalue weighted by atomic mass is 15.0. The molecule has 0 bridgehead atoms. The fourth-order valence-electron chi connectivity index (χ4n) is 2.62. The molecule has 0 atom stereocenters. The van der Waals surface area contributed by atoms with Gasteiger partial charge in [0.2, 0.25) is 0 Å². The number of rotatable bonds is 16. The average molecular weight is 308 g/mol. The van der Waals surface area contributed by atoms with Gasteiger partial charge in [-0.25, -0.2) is 0 Å². The Bertz CT molecular complexity index is 229. The van der Waals surface area contributed by atoms with E-state index in [1.807, 2.05) is 0 Å². The number of hydrogen-bond donors (Lipinski definition) is 0. The summed E-state index contributed by atoms with van der Waals surface area (Å²) in [4.78, 5) is 2.19. The van der Waals surface area contributed by atoms with Gasteiger partial charge in [0.05, 0.1) is 0 Å². The summed E-state index contributed by atoms with van der Waals surface area (Å²) in [5, 5.41) is 0. The molecule has 0 unspecified atom stereocenters. The molecule has 0 fully saturated rings. The third-order valence-electron chi connectivity index (χ3n) is 4.13. The monoisotopic (exact) mass is 307 g/mol. The van der Waals surface area contributed by atoms with E-state index in [1.54, 1.807) is 0 Å². The van der Waals surface area contributed by atoms with Crippen molar-refractivity contribution in [1.82, 2.24) is 4.90 Å². The minimum absolute atomic E-state index is 1.22. The van der Waals surface area contributed by atoms with Crippen molar-refractivity contribution in [2.24, 2.45) is 0 Å². The maximum absolute atomic E-state index is 2.31. The Labute approximate surface area is 140 Å². The zero-order valence-corrected chi connectivity index (χ0v) is 15.7. The molecule has 0 radical (unpaired) electrons. The Morgan fingerprint density at radius 1 is 0.545 bits per heavy atom. The zero-order chi connectivity index (χ0) is 16.3. The molecule has 0 N–H and O–H groups in total. The fraction of sp³-hybridized carbons (Fsp3) is 0.810. The molecule has 0 heterocycles. The Morgan fingerprint density at radius 3 is 1.32 bits per heavy atom. The first-order chi connectivity index (χ1) is 10.8. The Balaban J connectivity index is 3.37. The molecule has 0 spiro atoms. The van der Waals surface area contributed by atoms with E-state index in [-0.39, 0.29) is 0 Å². The van der Waals surface area contributed by atoms with Crippen LogP contribution in [-0.2, 0) is 0 Å². The van der Waals surface area contributed by atoms with Crippen LogP contribution in [0.4, 0.5) is 0 Å². The van der Waals surface area contributed by atoms with Crippen LogP contribution in [0.1, 0.15) is 104 Å². The molecule has 22 heavy (non-hydrogen) atoms. The molecule has 0 aromatic heterocycles.